The molecule has 0 saturated heterocycles. The molecule has 0 N–H and O–H groups in total. The van der Waals surface area contributed by atoms with Crippen molar-refractivity contribution >= 4 is 38.6 Å². The van der Waals surface area contributed by atoms with E-state index in [-0.39, 0.29) is 5.38 Å². The predicted molar refractivity (Wildman–Crippen MR) is 78.6 cm³/mol. The monoisotopic (exact) mass is 336 g/mol. The Morgan fingerprint density at radius 1 is 1.26 bits per heavy atom. The smallest absolute Gasteiger partial charge is 0.132 e. The Morgan fingerprint density at radius 2 is 2.11 bits per heavy atom. The molecule has 0 fully saturated rings. The SMILES string of the molecule is CC(Cl)c1nc2cnccc2n1-c1cncc(Br)c1. The Labute approximate surface area is 123 Å². The molecule has 3 aromatic rings. The fraction of sp³-hybridized carbons (Fsp3) is 0.154. The van der Waals surface area contributed by atoms with Crippen LogP contribution in [0.15, 0.2) is 41.4 Å². The molecule has 4 nitrogen and oxygen atoms in total. The van der Waals surface area contributed by atoms with Gasteiger partial charge in [0.1, 0.15) is 11.3 Å². The zero-order valence-electron chi connectivity index (χ0n) is 10.1. The van der Waals surface area contributed by atoms with Crippen molar-refractivity contribution in [3.8, 4) is 5.69 Å². The van der Waals surface area contributed by atoms with Crippen LogP contribution in [0.5, 0.6) is 0 Å². The molecule has 0 saturated carbocycles. The zero-order valence-corrected chi connectivity index (χ0v) is 12.4. The third-order valence-electron chi connectivity index (χ3n) is 2.79. The minimum atomic E-state index is -0.202. The van der Waals surface area contributed by atoms with Crippen molar-refractivity contribution in [2.45, 2.75) is 12.3 Å². The van der Waals surface area contributed by atoms with Crippen molar-refractivity contribution in [1.29, 1.82) is 0 Å². The number of hydrogen-bond acceptors (Lipinski definition) is 3. The number of aromatic nitrogens is 4. The average molecular weight is 338 g/mol. The van der Waals surface area contributed by atoms with E-state index in [4.69, 9.17) is 11.6 Å². The van der Waals surface area contributed by atoms with Gasteiger partial charge in [0.2, 0.25) is 0 Å². The molecule has 3 rings (SSSR count). The molecule has 0 radical (unpaired) electrons. The van der Waals surface area contributed by atoms with Gasteiger partial charge >= 0.3 is 0 Å². The van der Waals surface area contributed by atoms with Gasteiger partial charge < -0.3 is 0 Å². The Morgan fingerprint density at radius 3 is 2.84 bits per heavy atom. The summed E-state index contributed by atoms with van der Waals surface area (Å²) in [6.07, 6.45) is 7.01. The van der Waals surface area contributed by atoms with Gasteiger partial charge in [0.15, 0.2) is 0 Å². The Kier molecular flexibility index (Phi) is 3.24. The Bertz CT molecular complexity index is 738. The lowest BCUT2D eigenvalue weighted by Gasteiger charge is -2.10. The van der Waals surface area contributed by atoms with E-state index >= 15 is 0 Å². The largest absolute Gasteiger partial charge is 0.293 e. The quantitative estimate of drug-likeness (QED) is 0.667. The van der Waals surface area contributed by atoms with Crippen LogP contribution in [0, 0.1) is 0 Å². The second-order valence-corrected chi connectivity index (χ2v) is 5.72. The summed E-state index contributed by atoms with van der Waals surface area (Å²) in [7, 11) is 0. The van der Waals surface area contributed by atoms with Gasteiger partial charge in [-0.3, -0.25) is 14.5 Å². The van der Waals surface area contributed by atoms with Crippen LogP contribution < -0.4 is 0 Å². The fourth-order valence-electron chi connectivity index (χ4n) is 2.01. The van der Waals surface area contributed by atoms with E-state index < -0.39 is 0 Å². The molecule has 0 spiro atoms. The highest BCUT2D eigenvalue weighted by Gasteiger charge is 2.16. The Hall–Kier alpha value is -1.46. The summed E-state index contributed by atoms with van der Waals surface area (Å²) in [4.78, 5) is 12.8. The molecule has 0 aliphatic heterocycles. The number of fused-ring (bicyclic) bond motifs is 1. The maximum atomic E-state index is 6.23. The summed E-state index contributed by atoms with van der Waals surface area (Å²) >= 11 is 9.67. The van der Waals surface area contributed by atoms with E-state index in [0.29, 0.717) is 0 Å². The number of pyridine rings is 2. The number of imidazole rings is 1. The molecule has 1 unspecified atom stereocenters. The number of hydrogen-bond donors (Lipinski definition) is 0. The van der Waals surface area contributed by atoms with Crippen molar-refractivity contribution in [2.24, 2.45) is 0 Å². The predicted octanol–water partition coefficient (Wildman–Crippen LogP) is 3.88. The molecule has 19 heavy (non-hydrogen) atoms. The van der Waals surface area contributed by atoms with Gasteiger partial charge in [-0.15, -0.1) is 11.6 Å². The second kappa shape index (κ2) is 4.90. The minimum absolute atomic E-state index is 0.202. The van der Waals surface area contributed by atoms with E-state index in [9.17, 15) is 0 Å². The van der Waals surface area contributed by atoms with Crippen LogP contribution >= 0.6 is 27.5 Å². The molecule has 0 aromatic carbocycles. The summed E-state index contributed by atoms with van der Waals surface area (Å²) in [5.74, 6) is 0.782. The first-order valence-electron chi connectivity index (χ1n) is 5.74. The summed E-state index contributed by atoms with van der Waals surface area (Å²) in [5.41, 5.74) is 2.72. The summed E-state index contributed by atoms with van der Waals surface area (Å²) in [6, 6.07) is 3.91. The molecule has 1 atom stereocenters. The number of halogens is 2. The van der Waals surface area contributed by atoms with Gasteiger partial charge in [0.05, 0.1) is 29.0 Å². The highest BCUT2D eigenvalue weighted by Crippen LogP contribution is 2.28. The third-order valence-corrected chi connectivity index (χ3v) is 3.42. The van der Waals surface area contributed by atoms with Crippen molar-refractivity contribution in [3.05, 3.63) is 47.2 Å². The third kappa shape index (κ3) is 2.24. The van der Waals surface area contributed by atoms with E-state index in [0.717, 1.165) is 27.0 Å². The van der Waals surface area contributed by atoms with E-state index in [2.05, 4.69) is 30.9 Å². The van der Waals surface area contributed by atoms with Crippen LogP contribution in [0.1, 0.15) is 18.1 Å². The highest BCUT2D eigenvalue weighted by molar-refractivity contribution is 9.10. The van der Waals surface area contributed by atoms with Crippen molar-refractivity contribution in [3.63, 3.8) is 0 Å². The lowest BCUT2D eigenvalue weighted by atomic mass is 10.3. The number of nitrogens with zero attached hydrogens (tertiary/aromatic N) is 4. The summed E-state index contributed by atoms with van der Waals surface area (Å²) in [6.45, 7) is 1.90. The van der Waals surface area contributed by atoms with Crippen molar-refractivity contribution in [2.75, 3.05) is 0 Å². The highest BCUT2D eigenvalue weighted by atomic mass is 79.9. The van der Waals surface area contributed by atoms with Crippen LogP contribution in [0.4, 0.5) is 0 Å². The molecule has 0 aliphatic rings. The van der Waals surface area contributed by atoms with Crippen molar-refractivity contribution in [1.82, 2.24) is 19.5 Å². The lowest BCUT2D eigenvalue weighted by Crippen LogP contribution is -2.02. The standard InChI is InChI=1S/C13H10BrClN4/c1-8(15)13-18-11-7-16-3-2-12(11)19(13)10-4-9(14)5-17-6-10/h2-8H,1H3. The molecular formula is C13H10BrClN4. The first-order valence-corrected chi connectivity index (χ1v) is 6.97. The summed E-state index contributed by atoms with van der Waals surface area (Å²) in [5, 5.41) is -0.202. The molecule has 96 valence electrons. The van der Waals surface area contributed by atoms with Crippen LogP contribution in [-0.4, -0.2) is 19.5 Å². The van der Waals surface area contributed by atoms with Crippen LogP contribution in [0.2, 0.25) is 0 Å². The van der Waals surface area contributed by atoms with Crippen LogP contribution in [0.3, 0.4) is 0 Å². The number of rotatable bonds is 2. The van der Waals surface area contributed by atoms with E-state index in [1.165, 1.54) is 0 Å². The molecule has 0 aliphatic carbocycles. The van der Waals surface area contributed by atoms with Gasteiger partial charge in [-0.2, -0.15) is 0 Å². The van der Waals surface area contributed by atoms with Gasteiger partial charge in [-0.1, -0.05) is 0 Å². The second-order valence-electron chi connectivity index (χ2n) is 4.15. The van der Waals surface area contributed by atoms with Gasteiger partial charge in [0, 0.05) is 16.9 Å². The molecule has 3 heterocycles. The van der Waals surface area contributed by atoms with E-state index in [1.54, 1.807) is 24.8 Å². The molecular weight excluding hydrogens is 328 g/mol. The number of alkyl halides is 1. The van der Waals surface area contributed by atoms with Gasteiger partial charge in [-0.05, 0) is 35.0 Å². The molecule has 0 bridgehead atoms. The van der Waals surface area contributed by atoms with Crippen LogP contribution in [-0.2, 0) is 0 Å². The average Bonchev–Trinajstić information content (AvgIpc) is 2.78. The van der Waals surface area contributed by atoms with Crippen molar-refractivity contribution < 1.29 is 0 Å². The maximum Gasteiger partial charge on any atom is 0.132 e. The lowest BCUT2D eigenvalue weighted by molar-refractivity contribution is 0.878. The minimum Gasteiger partial charge on any atom is -0.293 e. The zero-order chi connectivity index (χ0) is 13.4. The first kappa shape index (κ1) is 12.6. The topological polar surface area (TPSA) is 43.6 Å². The van der Waals surface area contributed by atoms with E-state index in [1.807, 2.05) is 23.6 Å². The Balaban J connectivity index is 2.34. The first-order chi connectivity index (χ1) is 9.16. The van der Waals surface area contributed by atoms with Gasteiger partial charge in [0.25, 0.3) is 0 Å². The summed E-state index contributed by atoms with van der Waals surface area (Å²) < 4.78 is 2.92. The molecule has 3 aromatic heterocycles. The van der Waals surface area contributed by atoms with Crippen LogP contribution in [0.25, 0.3) is 16.7 Å². The normalized spacial score (nSPS) is 12.8. The fourth-order valence-corrected chi connectivity index (χ4v) is 2.51. The molecule has 0 amide bonds. The molecule has 6 heteroatoms. The van der Waals surface area contributed by atoms with Gasteiger partial charge in [-0.25, -0.2) is 4.98 Å². The maximum absolute atomic E-state index is 6.23.